The number of para-hydroxylation sites is 1. The second-order valence-corrected chi connectivity index (χ2v) is 11.3. The van der Waals surface area contributed by atoms with Crippen LogP contribution in [0.2, 0.25) is 0 Å². The van der Waals surface area contributed by atoms with E-state index in [1.807, 2.05) is 6.07 Å². The standard InChI is InChI=1S/C34H43F2N5O/c1-3-37(4-2)25-26-39-27-41(32-9-6-5-7-10-32)34(33(39)42)19-23-38(24-20-34)21-8-22-40(30-15-11-28(35)12-16-30)31-17-13-29(36)14-18-31/h5-7,9-18H,3-4,8,19-27H2,1-2H3. The first kappa shape index (κ1) is 30.0. The van der Waals surface area contributed by atoms with E-state index in [2.05, 4.69) is 62.6 Å². The maximum atomic E-state index is 14.0. The van der Waals surface area contributed by atoms with Gasteiger partial charge in [0, 0.05) is 49.8 Å². The Hall–Kier alpha value is -3.49. The van der Waals surface area contributed by atoms with Crippen LogP contribution in [0, 0.1) is 11.6 Å². The van der Waals surface area contributed by atoms with Crippen LogP contribution in [0.15, 0.2) is 78.9 Å². The first-order chi connectivity index (χ1) is 20.4. The van der Waals surface area contributed by atoms with E-state index in [1.54, 1.807) is 24.3 Å². The van der Waals surface area contributed by atoms with Crippen LogP contribution >= 0.6 is 0 Å². The fourth-order valence-electron chi connectivity index (χ4n) is 6.42. The second kappa shape index (κ2) is 13.7. The minimum Gasteiger partial charge on any atom is -0.341 e. The minimum absolute atomic E-state index is 0.261. The Bertz CT molecular complexity index is 1230. The number of hydrogen-bond acceptors (Lipinski definition) is 5. The number of likely N-dealkylation sites (tertiary alicyclic amines) is 1. The molecule has 0 saturated carbocycles. The third kappa shape index (κ3) is 6.60. The zero-order chi connectivity index (χ0) is 29.5. The summed E-state index contributed by atoms with van der Waals surface area (Å²) in [6.45, 7) is 11.9. The number of rotatable bonds is 12. The average molecular weight is 576 g/mol. The third-order valence-corrected chi connectivity index (χ3v) is 8.98. The molecule has 2 heterocycles. The molecule has 2 aliphatic rings. The van der Waals surface area contributed by atoms with Crippen molar-refractivity contribution in [3.63, 3.8) is 0 Å². The molecule has 0 radical (unpaired) electrons. The lowest BCUT2D eigenvalue weighted by Crippen LogP contribution is -2.56. The van der Waals surface area contributed by atoms with Crippen LogP contribution in [0.1, 0.15) is 33.1 Å². The number of carbonyl (C=O) groups excluding carboxylic acids is 1. The van der Waals surface area contributed by atoms with E-state index in [0.717, 1.165) is 82.1 Å². The fourth-order valence-corrected chi connectivity index (χ4v) is 6.42. The van der Waals surface area contributed by atoms with Crippen molar-refractivity contribution >= 4 is 23.0 Å². The van der Waals surface area contributed by atoms with Crippen LogP contribution in [0.4, 0.5) is 25.8 Å². The van der Waals surface area contributed by atoms with Crippen LogP contribution in [0.25, 0.3) is 0 Å². The number of carbonyl (C=O) groups is 1. The Morgan fingerprint density at radius 2 is 1.33 bits per heavy atom. The van der Waals surface area contributed by atoms with Gasteiger partial charge in [-0.2, -0.15) is 0 Å². The summed E-state index contributed by atoms with van der Waals surface area (Å²) in [6, 6.07) is 23.2. The second-order valence-electron chi connectivity index (χ2n) is 11.3. The number of piperidine rings is 1. The van der Waals surface area contributed by atoms with Crippen molar-refractivity contribution in [3.8, 4) is 0 Å². The van der Waals surface area contributed by atoms with E-state index >= 15 is 0 Å². The molecular formula is C34H43F2N5O. The van der Waals surface area contributed by atoms with Crippen molar-refractivity contribution in [2.75, 3.05) is 68.8 Å². The third-order valence-electron chi connectivity index (χ3n) is 8.98. The molecule has 2 aliphatic heterocycles. The van der Waals surface area contributed by atoms with Gasteiger partial charge in [0.2, 0.25) is 5.91 Å². The van der Waals surface area contributed by atoms with Gasteiger partial charge >= 0.3 is 0 Å². The van der Waals surface area contributed by atoms with Crippen molar-refractivity contribution in [3.05, 3.63) is 90.5 Å². The Kier molecular flexibility index (Phi) is 9.75. The molecule has 2 fully saturated rings. The molecule has 0 unspecified atom stereocenters. The first-order valence-electron chi connectivity index (χ1n) is 15.3. The van der Waals surface area contributed by atoms with Gasteiger partial charge in [0.15, 0.2) is 0 Å². The van der Waals surface area contributed by atoms with Crippen LogP contribution in [0.5, 0.6) is 0 Å². The molecule has 1 spiro atoms. The Morgan fingerprint density at radius 3 is 1.88 bits per heavy atom. The molecule has 0 atom stereocenters. The molecule has 0 bridgehead atoms. The summed E-state index contributed by atoms with van der Waals surface area (Å²) in [5.41, 5.74) is 2.36. The van der Waals surface area contributed by atoms with Crippen molar-refractivity contribution in [2.45, 2.75) is 38.6 Å². The molecule has 3 aromatic rings. The summed E-state index contributed by atoms with van der Waals surface area (Å²) >= 11 is 0. The molecule has 224 valence electrons. The smallest absolute Gasteiger partial charge is 0.250 e. The summed E-state index contributed by atoms with van der Waals surface area (Å²) in [7, 11) is 0. The van der Waals surface area contributed by atoms with Gasteiger partial charge < -0.3 is 24.5 Å². The molecule has 3 aromatic carbocycles. The van der Waals surface area contributed by atoms with Gasteiger partial charge in [0.25, 0.3) is 0 Å². The largest absolute Gasteiger partial charge is 0.341 e. The summed E-state index contributed by atoms with van der Waals surface area (Å²) in [4.78, 5) is 25.3. The predicted octanol–water partition coefficient (Wildman–Crippen LogP) is 5.98. The molecule has 8 heteroatoms. The zero-order valence-corrected chi connectivity index (χ0v) is 24.9. The molecule has 1 amide bonds. The van der Waals surface area contributed by atoms with Gasteiger partial charge in [-0.05, 0) is 99.6 Å². The van der Waals surface area contributed by atoms with E-state index in [0.29, 0.717) is 13.2 Å². The number of halogens is 2. The molecule has 5 rings (SSSR count). The highest BCUT2D eigenvalue weighted by Gasteiger charge is 2.53. The van der Waals surface area contributed by atoms with Gasteiger partial charge in [-0.3, -0.25) is 4.79 Å². The molecule has 0 N–H and O–H groups in total. The number of nitrogens with zero attached hydrogens (tertiary/aromatic N) is 5. The number of anilines is 3. The van der Waals surface area contributed by atoms with E-state index in [9.17, 15) is 13.6 Å². The highest BCUT2D eigenvalue weighted by Crippen LogP contribution is 2.39. The van der Waals surface area contributed by atoms with Crippen molar-refractivity contribution in [2.24, 2.45) is 0 Å². The maximum absolute atomic E-state index is 14.0. The van der Waals surface area contributed by atoms with Crippen molar-refractivity contribution < 1.29 is 13.6 Å². The van der Waals surface area contributed by atoms with Gasteiger partial charge in [-0.1, -0.05) is 32.0 Å². The minimum atomic E-state index is -0.505. The highest BCUT2D eigenvalue weighted by molar-refractivity contribution is 5.93. The number of amides is 1. The van der Waals surface area contributed by atoms with Crippen LogP contribution in [0.3, 0.4) is 0 Å². The summed E-state index contributed by atoms with van der Waals surface area (Å²) in [5, 5.41) is 0. The number of likely N-dealkylation sites (N-methyl/N-ethyl adjacent to an activating group) is 1. The van der Waals surface area contributed by atoms with Crippen molar-refractivity contribution in [1.82, 2.24) is 14.7 Å². The highest BCUT2D eigenvalue weighted by atomic mass is 19.1. The SMILES string of the molecule is CCN(CC)CCN1CN(c2ccccc2)C2(CCN(CCCN(c3ccc(F)cc3)c3ccc(F)cc3)CC2)C1=O. The lowest BCUT2D eigenvalue weighted by molar-refractivity contribution is -0.133. The molecular weight excluding hydrogens is 532 g/mol. The molecule has 42 heavy (non-hydrogen) atoms. The average Bonchev–Trinajstić information content (AvgIpc) is 3.29. The predicted molar refractivity (Wildman–Crippen MR) is 166 cm³/mol. The van der Waals surface area contributed by atoms with E-state index < -0.39 is 5.54 Å². The van der Waals surface area contributed by atoms with E-state index in [1.165, 1.54) is 24.3 Å². The summed E-state index contributed by atoms with van der Waals surface area (Å²) < 4.78 is 27.2. The van der Waals surface area contributed by atoms with E-state index in [4.69, 9.17) is 0 Å². The Morgan fingerprint density at radius 1 is 0.762 bits per heavy atom. The molecule has 0 aliphatic carbocycles. The Labute approximate surface area is 249 Å². The van der Waals surface area contributed by atoms with Gasteiger partial charge in [0.1, 0.15) is 17.2 Å². The van der Waals surface area contributed by atoms with Gasteiger partial charge in [-0.15, -0.1) is 0 Å². The first-order valence-corrected chi connectivity index (χ1v) is 15.3. The van der Waals surface area contributed by atoms with Gasteiger partial charge in [-0.25, -0.2) is 8.78 Å². The lowest BCUT2D eigenvalue weighted by Gasteiger charge is -2.43. The summed E-state index contributed by atoms with van der Waals surface area (Å²) in [5.74, 6) is -0.299. The summed E-state index contributed by atoms with van der Waals surface area (Å²) in [6.07, 6.45) is 2.47. The van der Waals surface area contributed by atoms with Crippen LogP contribution in [-0.2, 0) is 4.79 Å². The Balaban J connectivity index is 1.24. The molecule has 2 saturated heterocycles. The van der Waals surface area contributed by atoms with Crippen LogP contribution < -0.4 is 9.80 Å². The quantitative estimate of drug-likeness (QED) is 0.266. The molecule has 0 aromatic heterocycles. The normalized spacial score (nSPS) is 17.0. The van der Waals surface area contributed by atoms with Crippen molar-refractivity contribution in [1.29, 1.82) is 0 Å². The van der Waals surface area contributed by atoms with E-state index in [-0.39, 0.29) is 17.5 Å². The topological polar surface area (TPSA) is 33.3 Å². The zero-order valence-electron chi connectivity index (χ0n) is 24.9. The maximum Gasteiger partial charge on any atom is 0.250 e. The van der Waals surface area contributed by atoms with Gasteiger partial charge in [0.05, 0.1) is 6.67 Å². The number of benzene rings is 3. The van der Waals surface area contributed by atoms with Crippen LogP contribution in [-0.4, -0.2) is 85.2 Å². The molecule has 6 nitrogen and oxygen atoms in total. The number of hydrogen-bond donors (Lipinski definition) is 0. The monoisotopic (exact) mass is 575 g/mol. The fraction of sp³-hybridized carbons (Fsp3) is 0.441. The lowest BCUT2D eigenvalue weighted by atomic mass is 9.85.